The molecule has 1 heterocycles. The number of nitrogens with one attached hydrogen (secondary N) is 4. The zero-order valence-electron chi connectivity index (χ0n) is 15.6. The molecule has 3 aromatic rings. The standard InChI is InChI=1S/C23H22N4O/c1-24-22(17-10-6-3-7-11-17)21-19-14-18(12-13-20(19)26-23(21)28)27-25-15-16-8-4-2-5-9-16/h2-14,24-25,27H,15H2,1H3,(H,26,28). The lowest BCUT2D eigenvalue weighted by molar-refractivity contribution is -0.110. The maximum atomic E-state index is 12.7. The highest BCUT2D eigenvalue weighted by Gasteiger charge is 2.28. The first-order chi connectivity index (χ1) is 13.8. The van der Waals surface area contributed by atoms with Crippen molar-refractivity contribution < 1.29 is 4.79 Å². The molecule has 0 atom stereocenters. The molecular weight excluding hydrogens is 348 g/mol. The Morgan fingerprint density at radius 1 is 0.929 bits per heavy atom. The molecule has 1 aliphatic heterocycles. The van der Waals surface area contributed by atoms with Gasteiger partial charge in [0.05, 0.1) is 11.3 Å². The molecule has 1 aliphatic rings. The van der Waals surface area contributed by atoms with Crippen molar-refractivity contribution in [3.8, 4) is 0 Å². The molecule has 0 bridgehead atoms. The second kappa shape index (κ2) is 7.98. The van der Waals surface area contributed by atoms with Crippen LogP contribution in [0.5, 0.6) is 0 Å². The molecule has 28 heavy (non-hydrogen) atoms. The van der Waals surface area contributed by atoms with E-state index in [2.05, 4.69) is 33.6 Å². The Bertz CT molecular complexity index is 1010. The first-order valence-electron chi connectivity index (χ1n) is 9.22. The van der Waals surface area contributed by atoms with E-state index in [9.17, 15) is 4.79 Å². The van der Waals surface area contributed by atoms with Crippen LogP contribution in [0.4, 0.5) is 11.4 Å². The van der Waals surface area contributed by atoms with E-state index in [0.29, 0.717) is 12.1 Å². The van der Waals surface area contributed by atoms with Crippen LogP contribution in [-0.4, -0.2) is 13.0 Å². The molecule has 140 valence electrons. The van der Waals surface area contributed by atoms with Crippen molar-refractivity contribution in [1.82, 2.24) is 10.7 Å². The van der Waals surface area contributed by atoms with Gasteiger partial charge in [0, 0.05) is 30.5 Å². The van der Waals surface area contributed by atoms with E-state index in [1.807, 2.05) is 73.8 Å². The molecule has 3 aromatic carbocycles. The minimum atomic E-state index is -0.0994. The average Bonchev–Trinajstić information content (AvgIpc) is 3.06. The molecule has 0 fully saturated rings. The Balaban J connectivity index is 1.61. The van der Waals surface area contributed by atoms with Crippen LogP contribution in [0.15, 0.2) is 78.9 Å². The van der Waals surface area contributed by atoms with Gasteiger partial charge < -0.3 is 16.1 Å². The SMILES string of the molecule is CNC(=C1C(=O)Nc2ccc(NNCc3ccccc3)cc21)c1ccccc1. The van der Waals surface area contributed by atoms with E-state index in [1.165, 1.54) is 5.56 Å². The Kier molecular flexibility index (Phi) is 5.08. The summed E-state index contributed by atoms with van der Waals surface area (Å²) in [5.41, 5.74) is 12.7. The molecular formula is C23H22N4O. The number of hydrogen-bond acceptors (Lipinski definition) is 4. The summed E-state index contributed by atoms with van der Waals surface area (Å²) in [7, 11) is 1.84. The zero-order valence-corrected chi connectivity index (χ0v) is 15.6. The first-order valence-corrected chi connectivity index (χ1v) is 9.22. The van der Waals surface area contributed by atoms with Crippen LogP contribution in [0.2, 0.25) is 0 Å². The fourth-order valence-electron chi connectivity index (χ4n) is 3.36. The van der Waals surface area contributed by atoms with E-state index in [4.69, 9.17) is 0 Å². The van der Waals surface area contributed by atoms with Crippen LogP contribution < -0.4 is 21.5 Å². The fourth-order valence-corrected chi connectivity index (χ4v) is 3.36. The Morgan fingerprint density at radius 3 is 2.36 bits per heavy atom. The number of hydrogen-bond donors (Lipinski definition) is 4. The number of fused-ring (bicyclic) bond motifs is 1. The van der Waals surface area contributed by atoms with E-state index in [0.717, 1.165) is 28.2 Å². The van der Waals surface area contributed by atoms with Crippen molar-refractivity contribution in [2.75, 3.05) is 17.8 Å². The quantitative estimate of drug-likeness (QED) is 0.393. The molecule has 0 spiro atoms. The maximum Gasteiger partial charge on any atom is 0.258 e. The van der Waals surface area contributed by atoms with E-state index in [-0.39, 0.29) is 5.91 Å². The van der Waals surface area contributed by atoms with Crippen LogP contribution in [0, 0.1) is 0 Å². The van der Waals surface area contributed by atoms with Crippen LogP contribution in [-0.2, 0) is 11.3 Å². The third kappa shape index (κ3) is 3.61. The summed E-state index contributed by atoms with van der Waals surface area (Å²) in [5.74, 6) is -0.0994. The Hall–Kier alpha value is -3.57. The van der Waals surface area contributed by atoms with Crippen LogP contribution in [0.1, 0.15) is 16.7 Å². The second-order valence-corrected chi connectivity index (χ2v) is 6.54. The maximum absolute atomic E-state index is 12.7. The van der Waals surface area contributed by atoms with Crippen LogP contribution in [0.25, 0.3) is 11.3 Å². The van der Waals surface area contributed by atoms with Crippen molar-refractivity contribution >= 4 is 28.6 Å². The van der Waals surface area contributed by atoms with Gasteiger partial charge in [-0.1, -0.05) is 60.7 Å². The summed E-state index contributed by atoms with van der Waals surface area (Å²) < 4.78 is 0. The Labute approximate surface area is 164 Å². The van der Waals surface area contributed by atoms with Crippen molar-refractivity contribution in [2.45, 2.75) is 6.54 Å². The lowest BCUT2D eigenvalue weighted by atomic mass is 10.00. The van der Waals surface area contributed by atoms with Gasteiger partial charge in [-0.05, 0) is 29.3 Å². The molecule has 0 saturated carbocycles. The van der Waals surface area contributed by atoms with Gasteiger partial charge in [0.1, 0.15) is 0 Å². The summed E-state index contributed by atoms with van der Waals surface area (Å²) >= 11 is 0. The molecule has 0 radical (unpaired) electrons. The van der Waals surface area contributed by atoms with Gasteiger partial charge in [-0.2, -0.15) is 0 Å². The van der Waals surface area contributed by atoms with Crippen molar-refractivity contribution in [2.24, 2.45) is 0 Å². The van der Waals surface area contributed by atoms with Gasteiger partial charge in [0.15, 0.2) is 0 Å². The molecule has 0 aliphatic carbocycles. The number of hydrazine groups is 1. The van der Waals surface area contributed by atoms with Gasteiger partial charge in [-0.15, -0.1) is 0 Å². The van der Waals surface area contributed by atoms with Crippen LogP contribution >= 0.6 is 0 Å². The first kappa shape index (κ1) is 17.8. The van der Waals surface area contributed by atoms with Gasteiger partial charge in [0.2, 0.25) is 0 Å². The summed E-state index contributed by atoms with van der Waals surface area (Å²) in [6.45, 7) is 0.698. The summed E-state index contributed by atoms with van der Waals surface area (Å²) in [5, 5.41) is 6.15. The van der Waals surface area contributed by atoms with Crippen molar-refractivity contribution in [1.29, 1.82) is 0 Å². The predicted molar refractivity (Wildman–Crippen MR) is 114 cm³/mol. The lowest BCUT2D eigenvalue weighted by Crippen LogP contribution is -2.20. The molecule has 5 nitrogen and oxygen atoms in total. The lowest BCUT2D eigenvalue weighted by Gasteiger charge is -2.12. The summed E-state index contributed by atoms with van der Waals surface area (Å²) in [6.07, 6.45) is 0. The van der Waals surface area contributed by atoms with Gasteiger partial charge in [-0.3, -0.25) is 4.79 Å². The molecule has 0 unspecified atom stereocenters. The van der Waals surface area contributed by atoms with Gasteiger partial charge >= 0.3 is 0 Å². The number of amides is 1. The van der Waals surface area contributed by atoms with Gasteiger partial charge in [-0.25, -0.2) is 5.43 Å². The van der Waals surface area contributed by atoms with E-state index in [1.54, 1.807) is 0 Å². The minimum absolute atomic E-state index is 0.0994. The largest absolute Gasteiger partial charge is 0.387 e. The molecule has 4 N–H and O–H groups in total. The molecule has 1 amide bonds. The summed E-state index contributed by atoms with van der Waals surface area (Å²) in [6, 6.07) is 25.9. The third-order valence-electron chi connectivity index (χ3n) is 4.69. The minimum Gasteiger partial charge on any atom is -0.387 e. The number of anilines is 2. The molecule has 0 saturated heterocycles. The number of rotatable bonds is 6. The highest BCUT2D eigenvalue weighted by Crippen LogP contribution is 2.37. The zero-order chi connectivity index (χ0) is 19.3. The fraction of sp³-hybridized carbons (Fsp3) is 0.0870. The topological polar surface area (TPSA) is 65.2 Å². The molecule has 5 heteroatoms. The third-order valence-corrected chi connectivity index (χ3v) is 4.69. The molecule has 0 aromatic heterocycles. The highest BCUT2D eigenvalue weighted by atomic mass is 16.2. The number of carbonyl (C=O) groups is 1. The predicted octanol–water partition coefficient (Wildman–Crippen LogP) is 3.84. The van der Waals surface area contributed by atoms with E-state index < -0.39 is 0 Å². The van der Waals surface area contributed by atoms with Crippen LogP contribution in [0.3, 0.4) is 0 Å². The van der Waals surface area contributed by atoms with Crippen molar-refractivity contribution in [3.63, 3.8) is 0 Å². The monoisotopic (exact) mass is 370 g/mol. The smallest absolute Gasteiger partial charge is 0.258 e. The van der Waals surface area contributed by atoms with Gasteiger partial charge in [0.25, 0.3) is 5.91 Å². The number of benzene rings is 3. The van der Waals surface area contributed by atoms with E-state index >= 15 is 0 Å². The molecule has 4 rings (SSSR count). The highest BCUT2D eigenvalue weighted by molar-refractivity contribution is 6.36. The second-order valence-electron chi connectivity index (χ2n) is 6.54. The van der Waals surface area contributed by atoms with Crippen molar-refractivity contribution in [3.05, 3.63) is 95.6 Å². The summed E-state index contributed by atoms with van der Waals surface area (Å²) in [4.78, 5) is 12.7. The average molecular weight is 370 g/mol. The number of carbonyl (C=O) groups excluding carboxylic acids is 1. The normalized spacial score (nSPS) is 14.2. The Morgan fingerprint density at radius 2 is 1.64 bits per heavy atom.